The highest BCUT2D eigenvalue weighted by Crippen LogP contribution is 2.21. The van der Waals surface area contributed by atoms with Gasteiger partial charge < -0.3 is 5.32 Å². The molecule has 0 bridgehead atoms. The molecule has 2 unspecified atom stereocenters. The van der Waals surface area contributed by atoms with Crippen molar-refractivity contribution in [2.45, 2.75) is 44.8 Å². The smallest absolute Gasteiger partial charge is 0.280 e. The molecular weight excluding hydrogens is 286 g/mol. The molecule has 1 saturated heterocycles. The van der Waals surface area contributed by atoms with Gasteiger partial charge in [-0.15, -0.1) is 0 Å². The van der Waals surface area contributed by atoms with Crippen LogP contribution >= 0.6 is 0 Å². The van der Waals surface area contributed by atoms with Crippen molar-refractivity contribution in [3.8, 4) is 0 Å². The molecule has 2 atom stereocenters. The zero-order chi connectivity index (χ0) is 14.9. The summed E-state index contributed by atoms with van der Waals surface area (Å²) in [6, 6.07) is 8.50. The van der Waals surface area contributed by atoms with Gasteiger partial charge in [-0.25, -0.2) is 0 Å². The van der Waals surface area contributed by atoms with Crippen molar-refractivity contribution in [1.82, 2.24) is 14.3 Å². The average molecular weight is 309 g/mol. The van der Waals surface area contributed by atoms with Crippen molar-refractivity contribution in [2.24, 2.45) is 0 Å². The fraction of sp³-hybridized carbons (Fsp3) is 0.600. The Labute approximate surface area is 126 Å². The Morgan fingerprint density at radius 2 is 2.05 bits per heavy atom. The molecule has 21 heavy (non-hydrogen) atoms. The van der Waals surface area contributed by atoms with Crippen molar-refractivity contribution in [3.05, 3.63) is 35.4 Å². The van der Waals surface area contributed by atoms with Gasteiger partial charge in [-0.3, -0.25) is 0 Å². The van der Waals surface area contributed by atoms with Crippen LogP contribution in [-0.2, 0) is 23.2 Å². The Hall–Kier alpha value is -0.950. The van der Waals surface area contributed by atoms with Crippen LogP contribution in [-0.4, -0.2) is 37.9 Å². The molecule has 3 rings (SSSR count). The molecule has 1 fully saturated rings. The van der Waals surface area contributed by atoms with Crippen LogP contribution in [0.3, 0.4) is 0 Å². The molecule has 2 aliphatic heterocycles. The molecule has 2 heterocycles. The number of nitrogens with one attached hydrogen (secondary N) is 2. The van der Waals surface area contributed by atoms with Crippen LogP contribution in [0.2, 0.25) is 0 Å². The monoisotopic (exact) mass is 309 g/mol. The lowest BCUT2D eigenvalue weighted by atomic mass is 10.0. The summed E-state index contributed by atoms with van der Waals surface area (Å²) < 4.78 is 29.6. The molecule has 0 aliphatic carbocycles. The number of benzene rings is 1. The Kier molecular flexibility index (Phi) is 4.31. The number of nitrogens with zero attached hydrogens (tertiary/aromatic N) is 1. The van der Waals surface area contributed by atoms with Crippen LogP contribution in [0.25, 0.3) is 0 Å². The minimum atomic E-state index is -3.39. The summed E-state index contributed by atoms with van der Waals surface area (Å²) in [7, 11) is -3.39. The number of piperidine rings is 1. The molecule has 0 radical (unpaired) electrons. The lowest BCUT2D eigenvalue weighted by Gasteiger charge is -2.33. The summed E-state index contributed by atoms with van der Waals surface area (Å²) in [5.74, 6) is 0. The Morgan fingerprint density at radius 1 is 1.29 bits per heavy atom. The molecular formula is C15H23N3O2S. The van der Waals surface area contributed by atoms with Crippen molar-refractivity contribution >= 4 is 10.2 Å². The summed E-state index contributed by atoms with van der Waals surface area (Å²) >= 11 is 0. The molecule has 0 amide bonds. The summed E-state index contributed by atoms with van der Waals surface area (Å²) in [6.07, 6.45) is 2.50. The maximum atomic E-state index is 12.6. The highest BCUT2D eigenvalue weighted by Gasteiger charge is 2.30. The minimum Gasteiger partial charge on any atom is -0.314 e. The van der Waals surface area contributed by atoms with Gasteiger partial charge in [-0.2, -0.15) is 17.4 Å². The normalized spacial score (nSPS) is 27.3. The first-order valence-electron chi connectivity index (χ1n) is 7.62. The van der Waals surface area contributed by atoms with Crippen molar-refractivity contribution in [1.29, 1.82) is 0 Å². The second-order valence-corrected chi connectivity index (χ2v) is 7.75. The van der Waals surface area contributed by atoms with Crippen LogP contribution in [0, 0.1) is 0 Å². The third kappa shape index (κ3) is 3.45. The van der Waals surface area contributed by atoms with Crippen LogP contribution in [0.15, 0.2) is 24.3 Å². The van der Waals surface area contributed by atoms with Gasteiger partial charge in [0.25, 0.3) is 10.2 Å². The minimum absolute atomic E-state index is 0.0448. The predicted molar refractivity (Wildman–Crippen MR) is 83.1 cm³/mol. The van der Waals surface area contributed by atoms with Gasteiger partial charge in [0.2, 0.25) is 0 Å². The zero-order valence-electron chi connectivity index (χ0n) is 12.4. The third-order valence-corrected chi connectivity index (χ3v) is 6.00. The predicted octanol–water partition coefficient (Wildman–Crippen LogP) is 1.02. The van der Waals surface area contributed by atoms with E-state index in [9.17, 15) is 8.42 Å². The van der Waals surface area contributed by atoms with Crippen LogP contribution in [0.5, 0.6) is 0 Å². The Bertz CT molecular complexity index is 603. The van der Waals surface area contributed by atoms with Gasteiger partial charge in [0, 0.05) is 25.2 Å². The van der Waals surface area contributed by atoms with Gasteiger partial charge in [0.05, 0.1) is 0 Å². The van der Waals surface area contributed by atoms with E-state index in [1.54, 1.807) is 4.31 Å². The quantitative estimate of drug-likeness (QED) is 0.876. The summed E-state index contributed by atoms with van der Waals surface area (Å²) in [4.78, 5) is 0. The molecule has 5 nitrogen and oxygen atoms in total. The van der Waals surface area contributed by atoms with E-state index in [-0.39, 0.29) is 6.04 Å². The highest BCUT2D eigenvalue weighted by molar-refractivity contribution is 7.87. The van der Waals surface area contributed by atoms with E-state index in [0.717, 1.165) is 31.4 Å². The lowest BCUT2D eigenvalue weighted by molar-refractivity contribution is 0.338. The number of fused-ring (bicyclic) bond motifs is 1. The van der Waals surface area contributed by atoms with E-state index in [0.29, 0.717) is 19.1 Å². The van der Waals surface area contributed by atoms with Crippen molar-refractivity contribution in [3.63, 3.8) is 0 Å². The second kappa shape index (κ2) is 6.04. The van der Waals surface area contributed by atoms with E-state index < -0.39 is 10.2 Å². The van der Waals surface area contributed by atoms with Gasteiger partial charge in [0.1, 0.15) is 0 Å². The van der Waals surface area contributed by atoms with E-state index in [1.165, 1.54) is 5.56 Å². The molecule has 6 heteroatoms. The maximum absolute atomic E-state index is 12.6. The van der Waals surface area contributed by atoms with E-state index in [2.05, 4.69) is 23.0 Å². The fourth-order valence-electron chi connectivity index (χ4n) is 3.20. The van der Waals surface area contributed by atoms with Crippen molar-refractivity contribution < 1.29 is 8.42 Å². The van der Waals surface area contributed by atoms with Gasteiger partial charge >= 0.3 is 0 Å². The summed E-state index contributed by atoms with van der Waals surface area (Å²) in [5, 5.41) is 3.34. The van der Waals surface area contributed by atoms with Gasteiger partial charge in [-0.05, 0) is 43.9 Å². The lowest BCUT2D eigenvalue weighted by Crippen LogP contribution is -2.51. The topological polar surface area (TPSA) is 61.4 Å². The Morgan fingerprint density at radius 3 is 2.81 bits per heavy atom. The first kappa shape index (κ1) is 15.0. The fourth-order valence-corrected chi connectivity index (χ4v) is 4.62. The third-order valence-electron chi connectivity index (χ3n) is 4.37. The van der Waals surface area contributed by atoms with E-state index in [1.807, 2.05) is 18.2 Å². The van der Waals surface area contributed by atoms with Gasteiger partial charge in [0.15, 0.2) is 0 Å². The van der Waals surface area contributed by atoms with E-state index >= 15 is 0 Å². The average Bonchev–Trinajstić information content (AvgIpc) is 2.46. The molecule has 2 N–H and O–H groups in total. The van der Waals surface area contributed by atoms with E-state index in [4.69, 9.17) is 0 Å². The SMILES string of the molecule is CC1CC(NS(=O)(=O)N2CCc3ccccc3C2)CCN1. The van der Waals surface area contributed by atoms with Crippen LogP contribution in [0.4, 0.5) is 0 Å². The molecule has 0 aromatic heterocycles. The maximum Gasteiger partial charge on any atom is 0.280 e. The molecule has 0 saturated carbocycles. The number of rotatable bonds is 3. The summed E-state index contributed by atoms with van der Waals surface area (Å²) in [5.41, 5.74) is 2.38. The first-order valence-corrected chi connectivity index (χ1v) is 9.06. The van der Waals surface area contributed by atoms with Crippen LogP contribution in [0.1, 0.15) is 30.9 Å². The Balaban J connectivity index is 1.68. The summed E-state index contributed by atoms with van der Waals surface area (Å²) in [6.45, 7) is 4.01. The number of hydrogen-bond donors (Lipinski definition) is 2. The molecule has 0 spiro atoms. The standard InChI is InChI=1S/C15H23N3O2S/c1-12-10-15(6-8-16-12)17-21(19,20)18-9-7-13-4-2-3-5-14(13)11-18/h2-5,12,15-17H,6-11H2,1H3. The zero-order valence-corrected chi connectivity index (χ0v) is 13.2. The largest absolute Gasteiger partial charge is 0.314 e. The molecule has 1 aromatic rings. The highest BCUT2D eigenvalue weighted by atomic mass is 32.2. The molecule has 1 aromatic carbocycles. The van der Waals surface area contributed by atoms with Gasteiger partial charge in [-0.1, -0.05) is 24.3 Å². The molecule has 116 valence electrons. The second-order valence-electron chi connectivity index (χ2n) is 6.05. The van der Waals surface area contributed by atoms with Crippen molar-refractivity contribution in [2.75, 3.05) is 13.1 Å². The molecule has 2 aliphatic rings. The first-order chi connectivity index (χ1) is 10.0. The number of hydrogen-bond acceptors (Lipinski definition) is 3. The van der Waals surface area contributed by atoms with Crippen LogP contribution < -0.4 is 10.0 Å².